The van der Waals surface area contributed by atoms with Crippen LogP contribution in [-0.4, -0.2) is 5.71 Å². The Kier molecular flexibility index (Phi) is 3.91. The molecule has 116 valence electrons. The van der Waals surface area contributed by atoms with E-state index in [-0.39, 0.29) is 5.41 Å². The second kappa shape index (κ2) is 5.88. The zero-order valence-electron chi connectivity index (χ0n) is 13.8. The Morgan fingerprint density at radius 1 is 1.09 bits per heavy atom. The Labute approximate surface area is 137 Å². The third-order valence-corrected chi connectivity index (χ3v) is 4.26. The number of fused-ring (bicyclic) bond motifs is 1. The lowest BCUT2D eigenvalue weighted by Crippen LogP contribution is -2.23. The molecule has 1 heterocycles. The van der Waals surface area contributed by atoms with Crippen molar-refractivity contribution in [3.05, 3.63) is 78.1 Å². The molecular formula is C21H21NO. The Morgan fingerprint density at radius 3 is 2.61 bits per heavy atom. The lowest BCUT2D eigenvalue weighted by Gasteiger charge is -2.20. The molecule has 23 heavy (non-hydrogen) atoms. The van der Waals surface area contributed by atoms with Crippen molar-refractivity contribution in [1.29, 1.82) is 0 Å². The van der Waals surface area contributed by atoms with Gasteiger partial charge in [-0.15, -0.1) is 0 Å². The lowest BCUT2D eigenvalue weighted by molar-refractivity contribution is 0.482. The lowest BCUT2D eigenvalue weighted by atomic mass is 9.81. The van der Waals surface area contributed by atoms with Crippen LogP contribution >= 0.6 is 0 Å². The van der Waals surface area contributed by atoms with Crippen LogP contribution in [0.5, 0.6) is 5.75 Å². The molecule has 0 unspecified atom stereocenters. The number of aryl methyl sites for hydroxylation is 1. The van der Waals surface area contributed by atoms with Gasteiger partial charge in [-0.1, -0.05) is 50.3 Å². The number of hydrogen-bond donors (Lipinski definition) is 0. The van der Waals surface area contributed by atoms with Gasteiger partial charge < -0.3 is 4.74 Å². The highest BCUT2D eigenvalue weighted by atomic mass is 16.5. The van der Waals surface area contributed by atoms with Crippen LogP contribution in [-0.2, 0) is 5.41 Å². The molecule has 3 rings (SSSR count). The minimum atomic E-state index is -0.0869. The highest BCUT2D eigenvalue weighted by molar-refractivity contribution is 6.10. The molecule has 0 amide bonds. The summed E-state index contributed by atoms with van der Waals surface area (Å²) in [6.45, 7) is 10.1. The first-order valence-electron chi connectivity index (χ1n) is 7.77. The molecule has 0 saturated carbocycles. The topological polar surface area (TPSA) is 21.6 Å². The van der Waals surface area contributed by atoms with Gasteiger partial charge in [0.05, 0.1) is 17.7 Å². The van der Waals surface area contributed by atoms with Crippen molar-refractivity contribution in [3.63, 3.8) is 0 Å². The van der Waals surface area contributed by atoms with Gasteiger partial charge in [-0.2, -0.15) is 0 Å². The Morgan fingerprint density at radius 2 is 1.87 bits per heavy atom. The average molecular weight is 303 g/mol. The first-order chi connectivity index (χ1) is 11.0. The third kappa shape index (κ3) is 2.85. The number of aliphatic imine (C=N–C) groups is 1. The molecule has 0 bridgehead atoms. The molecule has 0 radical (unpaired) electrons. The summed E-state index contributed by atoms with van der Waals surface area (Å²) in [5, 5.41) is 0. The van der Waals surface area contributed by atoms with Crippen LogP contribution in [0.4, 0.5) is 5.69 Å². The highest BCUT2D eigenvalue weighted by Crippen LogP contribution is 2.40. The summed E-state index contributed by atoms with van der Waals surface area (Å²) in [4.78, 5) is 4.79. The van der Waals surface area contributed by atoms with E-state index in [0.717, 1.165) is 22.7 Å². The van der Waals surface area contributed by atoms with E-state index in [2.05, 4.69) is 63.8 Å². The van der Waals surface area contributed by atoms with Crippen LogP contribution in [0.15, 0.2) is 66.4 Å². The number of allylic oxidation sites excluding steroid dienone is 1. The van der Waals surface area contributed by atoms with Crippen molar-refractivity contribution in [2.45, 2.75) is 26.2 Å². The molecule has 2 aromatic carbocycles. The molecule has 2 nitrogen and oxygen atoms in total. The summed E-state index contributed by atoms with van der Waals surface area (Å²) < 4.78 is 5.49. The maximum Gasteiger partial charge on any atom is 0.133 e. The summed E-state index contributed by atoms with van der Waals surface area (Å²) in [6.07, 6.45) is 5.61. The number of benzene rings is 2. The molecule has 0 N–H and O–H groups in total. The number of para-hydroxylation sites is 1. The third-order valence-electron chi connectivity index (χ3n) is 4.26. The van der Waals surface area contributed by atoms with Gasteiger partial charge in [-0.3, -0.25) is 4.99 Å². The number of nitrogens with zero attached hydrogens (tertiary/aromatic N) is 1. The van der Waals surface area contributed by atoms with Crippen molar-refractivity contribution in [3.8, 4) is 5.75 Å². The maximum absolute atomic E-state index is 5.49. The van der Waals surface area contributed by atoms with E-state index in [1.165, 1.54) is 17.4 Å². The van der Waals surface area contributed by atoms with Crippen molar-refractivity contribution in [1.82, 2.24) is 0 Å². The van der Waals surface area contributed by atoms with Crippen LogP contribution in [0.1, 0.15) is 30.5 Å². The van der Waals surface area contributed by atoms with E-state index in [1.807, 2.05) is 18.2 Å². The molecule has 0 aromatic heterocycles. The van der Waals surface area contributed by atoms with Gasteiger partial charge in [-0.05, 0) is 42.8 Å². The van der Waals surface area contributed by atoms with Gasteiger partial charge in [0, 0.05) is 11.0 Å². The summed E-state index contributed by atoms with van der Waals surface area (Å²) in [7, 11) is 0. The van der Waals surface area contributed by atoms with E-state index < -0.39 is 0 Å². The van der Waals surface area contributed by atoms with Gasteiger partial charge in [0.2, 0.25) is 0 Å². The molecule has 0 fully saturated rings. The molecular weight excluding hydrogens is 282 g/mol. The largest absolute Gasteiger partial charge is 0.465 e. The fourth-order valence-electron chi connectivity index (χ4n) is 2.92. The van der Waals surface area contributed by atoms with Crippen molar-refractivity contribution in [2.24, 2.45) is 4.99 Å². The zero-order chi connectivity index (χ0) is 16.4. The molecule has 1 aliphatic rings. The molecule has 2 heteroatoms. The van der Waals surface area contributed by atoms with E-state index in [1.54, 1.807) is 0 Å². The van der Waals surface area contributed by atoms with Crippen LogP contribution in [0.2, 0.25) is 0 Å². The SMILES string of the molecule is C=COc1ccc(C)cc1/C=C/C1=Nc2ccccc2C1(C)C. The highest BCUT2D eigenvalue weighted by Gasteiger charge is 2.32. The predicted molar refractivity (Wildman–Crippen MR) is 97.6 cm³/mol. The van der Waals surface area contributed by atoms with E-state index in [4.69, 9.17) is 9.73 Å². The van der Waals surface area contributed by atoms with Crippen LogP contribution in [0.3, 0.4) is 0 Å². The Bertz CT molecular complexity index is 812. The minimum Gasteiger partial charge on any atom is -0.465 e. The zero-order valence-corrected chi connectivity index (χ0v) is 13.8. The second-order valence-corrected chi connectivity index (χ2v) is 6.30. The molecule has 2 aromatic rings. The van der Waals surface area contributed by atoms with E-state index in [9.17, 15) is 0 Å². The first kappa shape index (κ1) is 15.3. The summed E-state index contributed by atoms with van der Waals surface area (Å²) >= 11 is 0. The molecule has 0 aliphatic carbocycles. The molecule has 1 aliphatic heterocycles. The first-order valence-corrected chi connectivity index (χ1v) is 7.77. The number of ether oxygens (including phenoxy) is 1. The van der Waals surface area contributed by atoms with Crippen LogP contribution < -0.4 is 4.74 Å². The van der Waals surface area contributed by atoms with Gasteiger partial charge in [0.1, 0.15) is 5.75 Å². The van der Waals surface area contributed by atoms with E-state index in [0.29, 0.717) is 0 Å². The van der Waals surface area contributed by atoms with Crippen molar-refractivity contribution >= 4 is 17.5 Å². The molecule has 0 atom stereocenters. The summed E-state index contributed by atoms with van der Waals surface area (Å²) in [5.41, 5.74) is 5.52. The van der Waals surface area contributed by atoms with Gasteiger partial charge in [0.25, 0.3) is 0 Å². The quantitative estimate of drug-likeness (QED) is 0.674. The fraction of sp³-hybridized carbons (Fsp3) is 0.190. The monoisotopic (exact) mass is 303 g/mol. The Balaban J connectivity index is 1.96. The van der Waals surface area contributed by atoms with Gasteiger partial charge in [0.15, 0.2) is 0 Å². The van der Waals surface area contributed by atoms with Gasteiger partial charge >= 0.3 is 0 Å². The Hall–Kier alpha value is -2.61. The van der Waals surface area contributed by atoms with Crippen LogP contribution in [0, 0.1) is 6.92 Å². The minimum absolute atomic E-state index is 0.0869. The maximum atomic E-state index is 5.49. The van der Waals surface area contributed by atoms with Gasteiger partial charge in [-0.25, -0.2) is 0 Å². The smallest absolute Gasteiger partial charge is 0.133 e. The summed E-state index contributed by atoms with van der Waals surface area (Å²) in [5.74, 6) is 0.802. The molecule has 0 spiro atoms. The number of hydrogen-bond acceptors (Lipinski definition) is 2. The standard InChI is InChI=1S/C21H21NO/c1-5-23-19-12-10-15(2)14-16(19)11-13-20-21(3,4)17-8-6-7-9-18(17)22-20/h5-14H,1H2,2-4H3/b13-11+. The summed E-state index contributed by atoms with van der Waals surface area (Å²) in [6, 6.07) is 14.4. The molecule has 0 saturated heterocycles. The normalized spacial score (nSPS) is 15.3. The fourth-order valence-corrected chi connectivity index (χ4v) is 2.92. The van der Waals surface area contributed by atoms with E-state index >= 15 is 0 Å². The van der Waals surface area contributed by atoms with Crippen LogP contribution in [0.25, 0.3) is 6.08 Å². The average Bonchev–Trinajstić information content (AvgIpc) is 2.79. The predicted octanol–water partition coefficient (Wildman–Crippen LogP) is 5.59. The second-order valence-electron chi connectivity index (χ2n) is 6.30. The number of rotatable bonds is 4. The van der Waals surface area contributed by atoms with Crippen molar-refractivity contribution < 1.29 is 4.74 Å². The van der Waals surface area contributed by atoms with Crippen molar-refractivity contribution in [2.75, 3.05) is 0 Å².